The van der Waals surface area contributed by atoms with Crippen LogP contribution in [0.4, 0.5) is 0 Å². The Morgan fingerprint density at radius 2 is 0.952 bits per heavy atom. The van der Waals surface area contributed by atoms with Crippen molar-refractivity contribution < 1.29 is 4.42 Å². The molecule has 1 nitrogen and oxygen atoms in total. The zero-order valence-corrected chi connectivity index (χ0v) is 12.4. The maximum absolute atomic E-state index is 6.07. The lowest BCUT2D eigenvalue weighted by molar-refractivity contribution is 0.674. The first-order valence-corrected chi connectivity index (χ1v) is 6.66. The Bertz CT molecular complexity index is 857. The van der Waals surface area contributed by atoms with Crippen LogP contribution in [0.15, 0.2) is 8.89 Å². The van der Waals surface area contributed by atoms with E-state index >= 15 is 0 Å². The normalized spacial score (nSPS) is 11.5. The van der Waals surface area contributed by atoms with Gasteiger partial charge in [0, 0.05) is 15.2 Å². The molecule has 3 rings (SSSR count). The van der Waals surface area contributed by atoms with Crippen LogP contribution in [-0.2, 0) is 0 Å². The third kappa shape index (κ3) is 1.86. The predicted octanol–water partition coefficient (Wildman–Crippen LogP) is -4.09. The average molecular weight is 316 g/mol. The second kappa shape index (κ2) is 4.84. The summed E-state index contributed by atoms with van der Waals surface area (Å²) in [5, 5.41) is 0.928. The predicted molar refractivity (Wildman–Crippen MR) is 99.1 cm³/mol. The summed E-state index contributed by atoms with van der Waals surface area (Å²) < 4.78 is 6.16. The maximum Gasteiger partial charge on any atom is 0.128 e. The van der Waals surface area contributed by atoms with Crippen molar-refractivity contribution in [3.05, 3.63) is 4.47 Å². The monoisotopic (exact) mass is 316 g/mol. The zero-order chi connectivity index (χ0) is 15.6. The van der Waals surface area contributed by atoms with E-state index in [2.05, 4.69) is 15.9 Å². The molecule has 0 atom stereocenters. The Morgan fingerprint density at radius 3 is 1.52 bits per heavy atom. The Kier molecular flexibility index (Phi) is 3.48. The third-order valence-corrected chi connectivity index (χ3v) is 4.42. The van der Waals surface area contributed by atoms with Gasteiger partial charge in [-0.3, -0.25) is 0 Å². The molecule has 0 bridgehead atoms. The van der Waals surface area contributed by atoms with Crippen molar-refractivity contribution in [3.63, 3.8) is 0 Å². The Hall–Kier alpha value is -0.825. The summed E-state index contributed by atoms with van der Waals surface area (Å²) in [6.45, 7) is 0. The number of fused-ring (bicyclic) bond motifs is 3. The van der Waals surface area contributed by atoms with E-state index in [-0.39, 0.29) is 38.4 Å². The highest BCUT2D eigenvalue weighted by Gasteiger charge is 2.19. The van der Waals surface area contributed by atoms with Crippen molar-refractivity contribution >= 4 is 131 Å². The highest BCUT2D eigenvalue weighted by Crippen LogP contribution is 2.23. The SMILES string of the molecule is [B]c1c([B])c([B])c2c(oc3c([B])c(Br)c([B])c([B])c32)c1[B]. The number of benzene rings is 2. The second-order valence-electron chi connectivity index (χ2n) is 4.72. The van der Waals surface area contributed by atoms with Crippen LogP contribution in [0, 0.1) is 0 Å². The standard InChI is InChI=1S/C12B7BrO/c13-3-1-2-4(14)7(17)10(20)9(19)12(2)21-11(1)8(18)6(16)5(3)15. The van der Waals surface area contributed by atoms with E-state index in [4.69, 9.17) is 59.3 Å². The van der Waals surface area contributed by atoms with Crippen LogP contribution in [0.25, 0.3) is 21.9 Å². The number of hydrogen-bond donors (Lipinski definition) is 0. The third-order valence-electron chi connectivity index (χ3n) is 3.57. The van der Waals surface area contributed by atoms with Crippen LogP contribution in [0.5, 0.6) is 0 Å². The molecule has 0 saturated heterocycles. The van der Waals surface area contributed by atoms with E-state index < -0.39 is 0 Å². The van der Waals surface area contributed by atoms with E-state index in [1.165, 1.54) is 0 Å². The van der Waals surface area contributed by atoms with Crippen LogP contribution in [-0.4, -0.2) is 54.9 Å². The van der Waals surface area contributed by atoms with Crippen molar-refractivity contribution in [1.29, 1.82) is 0 Å². The van der Waals surface area contributed by atoms with E-state index in [0.29, 0.717) is 26.3 Å². The van der Waals surface area contributed by atoms with Crippen molar-refractivity contribution in [3.8, 4) is 0 Å². The Balaban J connectivity index is 2.73. The number of hydrogen-bond acceptors (Lipinski definition) is 1. The summed E-state index contributed by atoms with van der Waals surface area (Å²) in [4.78, 5) is 0. The van der Waals surface area contributed by atoms with Gasteiger partial charge in [-0.05, 0) is 5.46 Å². The Morgan fingerprint density at radius 1 is 0.524 bits per heavy atom. The molecule has 0 aliphatic rings. The minimum absolute atomic E-state index is 0.156. The van der Waals surface area contributed by atoms with Crippen LogP contribution < -0.4 is 38.2 Å². The number of halogens is 1. The molecule has 82 valence electrons. The fourth-order valence-electron chi connectivity index (χ4n) is 2.37. The summed E-state index contributed by atoms with van der Waals surface area (Å²) in [6.07, 6.45) is 0. The molecule has 2 aromatic carbocycles. The average Bonchev–Trinajstić information content (AvgIpc) is 2.87. The largest absolute Gasteiger partial charge is 0.457 e. The first-order valence-electron chi connectivity index (χ1n) is 5.87. The molecule has 0 N–H and O–H groups in total. The maximum atomic E-state index is 6.07. The quantitative estimate of drug-likeness (QED) is 0.385. The molecule has 0 aliphatic carbocycles. The van der Waals surface area contributed by atoms with Gasteiger partial charge >= 0.3 is 0 Å². The molecule has 3 aromatic rings. The van der Waals surface area contributed by atoms with Gasteiger partial charge in [-0.25, -0.2) is 0 Å². The van der Waals surface area contributed by atoms with Gasteiger partial charge in [0.05, 0.1) is 0 Å². The topological polar surface area (TPSA) is 13.1 Å². The molecule has 14 radical (unpaired) electrons. The van der Waals surface area contributed by atoms with Gasteiger partial charge < -0.3 is 4.42 Å². The summed E-state index contributed by atoms with van der Waals surface area (Å²) in [6, 6.07) is 0. The number of rotatable bonds is 0. The minimum Gasteiger partial charge on any atom is -0.457 e. The van der Waals surface area contributed by atoms with E-state index in [1.807, 2.05) is 0 Å². The van der Waals surface area contributed by atoms with Gasteiger partial charge in [0.1, 0.15) is 66.1 Å². The van der Waals surface area contributed by atoms with Crippen LogP contribution in [0.1, 0.15) is 0 Å². The van der Waals surface area contributed by atoms with Crippen LogP contribution in [0.2, 0.25) is 0 Å². The van der Waals surface area contributed by atoms with Gasteiger partial charge in [0.2, 0.25) is 0 Å². The summed E-state index contributed by atoms with van der Waals surface area (Å²) in [5.74, 6) is 0. The van der Waals surface area contributed by atoms with Gasteiger partial charge in [0.15, 0.2) is 0 Å². The molecule has 0 saturated carbocycles. The molecule has 0 fully saturated rings. The first-order chi connectivity index (χ1) is 9.77. The molecule has 9 heteroatoms. The molecular formula is C12B7BrO. The first kappa shape index (κ1) is 15.1. The lowest BCUT2D eigenvalue weighted by Crippen LogP contribution is -2.47. The smallest absolute Gasteiger partial charge is 0.128 e. The minimum atomic E-state index is 0.156. The lowest BCUT2D eigenvalue weighted by atomic mass is 9.65. The molecule has 0 spiro atoms. The highest BCUT2D eigenvalue weighted by molar-refractivity contribution is 9.10. The van der Waals surface area contributed by atoms with Gasteiger partial charge in [-0.2, -0.15) is 0 Å². The molecule has 0 unspecified atom stereocenters. The second-order valence-corrected chi connectivity index (χ2v) is 5.51. The molecule has 1 aromatic heterocycles. The van der Waals surface area contributed by atoms with Crippen molar-refractivity contribution in [2.75, 3.05) is 0 Å². The van der Waals surface area contributed by atoms with Crippen LogP contribution >= 0.6 is 15.9 Å². The van der Waals surface area contributed by atoms with Gasteiger partial charge in [-0.15, -0.1) is 10.9 Å². The summed E-state index contributed by atoms with van der Waals surface area (Å²) in [5.41, 5.74) is 2.20. The van der Waals surface area contributed by atoms with E-state index in [9.17, 15) is 0 Å². The summed E-state index contributed by atoms with van der Waals surface area (Å²) >= 11 is 3.27. The van der Waals surface area contributed by atoms with Crippen molar-refractivity contribution in [2.24, 2.45) is 0 Å². The van der Waals surface area contributed by atoms with Gasteiger partial charge in [-0.1, -0.05) is 37.8 Å². The Labute approximate surface area is 140 Å². The molecular weight excluding hydrogens is 316 g/mol. The van der Waals surface area contributed by atoms with E-state index in [0.717, 1.165) is 0 Å². The highest BCUT2D eigenvalue weighted by atomic mass is 79.9. The number of furan rings is 1. The molecule has 21 heavy (non-hydrogen) atoms. The molecule has 0 aliphatic heterocycles. The molecule has 0 amide bonds. The van der Waals surface area contributed by atoms with Crippen LogP contribution in [0.3, 0.4) is 0 Å². The lowest BCUT2D eigenvalue weighted by Gasteiger charge is -2.13. The van der Waals surface area contributed by atoms with Crippen molar-refractivity contribution in [2.45, 2.75) is 0 Å². The zero-order valence-electron chi connectivity index (χ0n) is 10.8. The summed E-state index contributed by atoms with van der Waals surface area (Å²) in [7, 11) is 41.7. The fraction of sp³-hybridized carbons (Fsp3) is 0. The van der Waals surface area contributed by atoms with Gasteiger partial charge in [0.25, 0.3) is 0 Å². The molecule has 1 heterocycles. The fourth-order valence-corrected chi connectivity index (χ4v) is 2.76. The van der Waals surface area contributed by atoms with Crippen molar-refractivity contribution in [1.82, 2.24) is 0 Å². The van der Waals surface area contributed by atoms with E-state index in [1.54, 1.807) is 0 Å².